The number of rotatable bonds is 6. The van der Waals surface area contributed by atoms with Gasteiger partial charge in [-0.2, -0.15) is 0 Å². The van der Waals surface area contributed by atoms with Crippen molar-refractivity contribution in [3.05, 3.63) is 29.8 Å². The Labute approximate surface area is 144 Å². The number of carbonyl (C=O) groups is 1. The quantitative estimate of drug-likeness (QED) is 0.867. The predicted octanol–water partition coefficient (Wildman–Crippen LogP) is 2.98. The molecule has 2 aliphatic rings. The summed E-state index contributed by atoms with van der Waals surface area (Å²) in [5.41, 5.74) is 7.02. The summed E-state index contributed by atoms with van der Waals surface area (Å²) < 4.78 is 5.20. The number of hydrogen-bond donors (Lipinski definition) is 1. The van der Waals surface area contributed by atoms with Crippen LogP contribution in [0.15, 0.2) is 24.3 Å². The van der Waals surface area contributed by atoms with Gasteiger partial charge in [0.15, 0.2) is 0 Å². The molecule has 0 heterocycles. The van der Waals surface area contributed by atoms with Gasteiger partial charge in [-0.3, -0.25) is 4.79 Å². The lowest BCUT2D eigenvalue weighted by molar-refractivity contribution is -0.137. The van der Waals surface area contributed by atoms with Crippen molar-refractivity contribution >= 4 is 18.3 Å². The van der Waals surface area contributed by atoms with Crippen molar-refractivity contribution in [3.8, 4) is 5.75 Å². The van der Waals surface area contributed by atoms with Crippen LogP contribution in [0.25, 0.3) is 0 Å². The highest BCUT2D eigenvalue weighted by molar-refractivity contribution is 5.85. The molecule has 2 aliphatic carbocycles. The predicted molar refractivity (Wildman–Crippen MR) is 93.7 cm³/mol. The second-order valence-corrected chi connectivity index (χ2v) is 6.58. The second kappa shape index (κ2) is 8.02. The van der Waals surface area contributed by atoms with E-state index in [1.807, 2.05) is 12.1 Å². The Kier molecular flexibility index (Phi) is 6.31. The molecule has 0 unspecified atom stereocenters. The maximum atomic E-state index is 13.0. The van der Waals surface area contributed by atoms with Crippen molar-refractivity contribution in [2.24, 2.45) is 17.6 Å². The van der Waals surface area contributed by atoms with Gasteiger partial charge < -0.3 is 15.4 Å². The molecule has 0 aliphatic heterocycles. The van der Waals surface area contributed by atoms with Crippen LogP contribution in [0, 0.1) is 11.8 Å². The van der Waals surface area contributed by atoms with E-state index in [0.29, 0.717) is 31.0 Å². The van der Waals surface area contributed by atoms with Crippen molar-refractivity contribution in [3.63, 3.8) is 0 Å². The topological polar surface area (TPSA) is 55.6 Å². The summed E-state index contributed by atoms with van der Waals surface area (Å²) >= 11 is 0. The minimum atomic E-state index is 0. The number of halogens is 1. The number of hydrogen-bond acceptors (Lipinski definition) is 3. The molecule has 5 heteroatoms. The summed E-state index contributed by atoms with van der Waals surface area (Å²) in [6.07, 6.45) is 5.53. The molecule has 4 nitrogen and oxygen atoms in total. The highest BCUT2D eigenvalue weighted by atomic mass is 35.5. The summed E-state index contributed by atoms with van der Waals surface area (Å²) in [5.74, 6) is 1.70. The first-order chi connectivity index (χ1) is 10.7. The number of methoxy groups -OCH3 is 1. The molecule has 1 aromatic carbocycles. The van der Waals surface area contributed by atoms with Crippen molar-refractivity contribution in [2.45, 2.75) is 44.7 Å². The molecule has 2 fully saturated rings. The number of benzene rings is 1. The molecule has 2 saturated carbocycles. The first kappa shape index (κ1) is 18.1. The summed E-state index contributed by atoms with van der Waals surface area (Å²) in [5, 5.41) is 0. The number of ether oxygens (including phenoxy) is 1. The van der Waals surface area contributed by atoms with Gasteiger partial charge in [0, 0.05) is 18.5 Å². The number of nitrogens with two attached hydrogens (primary N) is 1. The van der Waals surface area contributed by atoms with E-state index in [1.165, 1.54) is 5.56 Å². The zero-order valence-electron chi connectivity index (χ0n) is 13.7. The lowest BCUT2D eigenvalue weighted by Crippen LogP contribution is -2.40. The lowest BCUT2D eigenvalue weighted by Gasteiger charge is -2.28. The Bertz CT molecular complexity index is 516. The van der Waals surface area contributed by atoms with Crippen LogP contribution in [-0.4, -0.2) is 30.5 Å². The van der Waals surface area contributed by atoms with Gasteiger partial charge in [-0.05, 0) is 55.8 Å². The van der Waals surface area contributed by atoms with E-state index in [-0.39, 0.29) is 18.3 Å². The molecule has 0 spiro atoms. The summed E-state index contributed by atoms with van der Waals surface area (Å²) in [7, 11) is 1.67. The molecule has 3 rings (SSSR count). The third-order valence-electron chi connectivity index (χ3n) is 5.06. The lowest BCUT2D eigenvalue weighted by atomic mass is 9.94. The van der Waals surface area contributed by atoms with Crippen LogP contribution in [0.4, 0.5) is 0 Å². The Hall–Kier alpha value is -1.26. The normalized spacial score (nSPS) is 23.2. The third-order valence-corrected chi connectivity index (χ3v) is 5.06. The summed E-state index contributed by atoms with van der Waals surface area (Å²) in [6.45, 7) is 1.35. The van der Waals surface area contributed by atoms with E-state index >= 15 is 0 Å². The maximum Gasteiger partial charge on any atom is 0.226 e. The van der Waals surface area contributed by atoms with Crippen molar-refractivity contribution < 1.29 is 9.53 Å². The van der Waals surface area contributed by atoms with E-state index in [9.17, 15) is 4.79 Å². The number of nitrogens with zero attached hydrogens (tertiary/aromatic N) is 1. The monoisotopic (exact) mass is 338 g/mol. The average Bonchev–Trinajstić information content (AvgIpc) is 3.28. The largest absolute Gasteiger partial charge is 0.497 e. The van der Waals surface area contributed by atoms with Crippen molar-refractivity contribution in [1.82, 2.24) is 4.90 Å². The number of amides is 1. The highest BCUT2D eigenvalue weighted by Crippen LogP contribution is 2.36. The summed E-state index contributed by atoms with van der Waals surface area (Å²) in [4.78, 5) is 15.1. The van der Waals surface area contributed by atoms with Gasteiger partial charge in [0.1, 0.15) is 5.75 Å². The molecule has 23 heavy (non-hydrogen) atoms. The molecule has 0 radical (unpaired) electrons. The van der Waals surface area contributed by atoms with Crippen LogP contribution >= 0.6 is 12.4 Å². The fourth-order valence-electron chi connectivity index (χ4n) is 3.56. The first-order valence-corrected chi connectivity index (χ1v) is 8.36. The smallest absolute Gasteiger partial charge is 0.226 e. The van der Waals surface area contributed by atoms with Crippen LogP contribution in [0.1, 0.15) is 37.7 Å². The van der Waals surface area contributed by atoms with Gasteiger partial charge in [0.25, 0.3) is 0 Å². The van der Waals surface area contributed by atoms with E-state index in [0.717, 1.165) is 37.9 Å². The maximum absolute atomic E-state index is 13.0. The van der Waals surface area contributed by atoms with E-state index < -0.39 is 0 Å². The standard InChI is InChI=1S/C18H26N2O2.ClH/c1-22-16-9-5-13(6-10-16)12-20(15-7-8-15)18(21)17-4-2-3-14(17)11-19;/h5-6,9-10,14-15,17H,2-4,7-8,11-12,19H2,1H3;1H/t14-,17-;/m1./s1. The van der Waals surface area contributed by atoms with E-state index in [4.69, 9.17) is 10.5 Å². The fraction of sp³-hybridized carbons (Fsp3) is 0.611. The zero-order valence-corrected chi connectivity index (χ0v) is 14.6. The van der Waals surface area contributed by atoms with Gasteiger partial charge in [-0.1, -0.05) is 18.6 Å². The summed E-state index contributed by atoms with van der Waals surface area (Å²) in [6, 6.07) is 8.47. The van der Waals surface area contributed by atoms with Crippen LogP contribution in [-0.2, 0) is 11.3 Å². The zero-order chi connectivity index (χ0) is 15.5. The second-order valence-electron chi connectivity index (χ2n) is 6.58. The molecular weight excluding hydrogens is 312 g/mol. The molecule has 2 N–H and O–H groups in total. The van der Waals surface area contributed by atoms with Gasteiger partial charge >= 0.3 is 0 Å². The molecule has 128 valence electrons. The molecule has 2 atom stereocenters. The SMILES string of the molecule is COc1ccc(CN(C(=O)[C@@H]2CCC[C@@H]2CN)C2CC2)cc1.Cl. The van der Waals surface area contributed by atoms with Gasteiger partial charge in [0.05, 0.1) is 7.11 Å². The molecule has 1 amide bonds. The Morgan fingerprint density at radius 1 is 1.22 bits per heavy atom. The molecule has 1 aromatic rings. The van der Waals surface area contributed by atoms with E-state index in [2.05, 4.69) is 17.0 Å². The van der Waals surface area contributed by atoms with Crippen LogP contribution in [0.5, 0.6) is 5.75 Å². The Morgan fingerprint density at radius 3 is 2.48 bits per heavy atom. The highest BCUT2D eigenvalue weighted by Gasteiger charge is 2.40. The minimum Gasteiger partial charge on any atom is -0.497 e. The molecule has 0 saturated heterocycles. The number of carbonyl (C=O) groups excluding carboxylic acids is 1. The van der Waals surface area contributed by atoms with Crippen LogP contribution < -0.4 is 10.5 Å². The van der Waals surface area contributed by atoms with Gasteiger partial charge in [0.2, 0.25) is 5.91 Å². The molecular formula is C18H27ClN2O2. The molecule has 0 bridgehead atoms. The van der Waals surface area contributed by atoms with Crippen molar-refractivity contribution in [2.75, 3.05) is 13.7 Å². The first-order valence-electron chi connectivity index (χ1n) is 8.36. The van der Waals surface area contributed by atoms with Crippen LogP contribution in [0.2, 0.25) is 0 Å². The third kappa shape index (κ3) is 4.18. The van der Waals surface area contributed by atoms with Gasteiger partial charge in [-0.25, -0.2) is 0 Å². The minimum absolute atomic E-state index is 0. The molecule has 0 aromatic heterocycles. The Balaban J connectivity index is 0.00000192. The fourth-order valence-corrected chi connectivity index (χ4v) is 3.56. The van der Waals surface area contributed by atoms with E-state index in [1.54, 1.807) is 7.11 Å². The average molecular weight is 339 g/mol. The van der Waals surface area contributed by atoms with Crippen LogP contribution in [0.3, 0.4) is 0 Å². The Morgan fingerprint density at radius 2 is 1.91 bits per heavy atom. The van der Waals surface area contributed by atoms with Crippen molar-refractivity contribution in [1.29, 1.82) is 0 Å². The van der Waals surface area contributed by atoms with Gasteiger partial charge in [-0.15, -0.1) is 12.4 Å².